The minimum atomic E-state index is -0.148. The maximum Gasteiger partial charge on any atom is 0.231 e. The molecule has 1 amide bonds. The van der Waals surface area contributed by atoms with Crippen molar-refractivity contribution in [1.82, 2.24) is 15.2 Å². The van der Waals surface area contributed by atoms with E-state index in [1.54, 1.807) is 5.38 Å². The van der Waals surface area contributed by atoms with Gasteiger partial charge in [-0.1, -0.05) is 0 Å². The lowest BCUT2D eigenvalue weighted by molar-refractivity contribution is -0.115. The number of hydrogen-bond donors (Lipinski definition) is 3. The van der Waals surface area contributed by atoms with Crippen LogP contribution in [0.5, 0.6) is 0 Å². The van der Waals surface area contributed by atoms with Gasteiger partial charge in [-0.2, -0.15) is 5.10 Å². The van der Waals surface area contributed by atoms with Gasteiger partial charge in [-0.05, 0) is 13.8 Å². The van der Waals surface area contributed by atoms with Crippen LogP contribution in [0.2, 0.25) is 0 Å². The number of nitrogens with one attached hydrogen (secondary N) is 2. The van der Waals surface area contributed by atoms with Crippen LogP contribution >= 0.6 is 11.3 Å². The van der Waals surface area contributed by atoms with Gasteiger partial charge < -0.3 is 11.1 Å². The number of hydrogen-bond acceptors (Lipinski definition) is 5. The topological polar surface area (TPSA) is 96.7 Å². The van der Waals surface area contributed by atoms with E-state index in [4.69, 9.17) is 5.73 Å². The van der Waals surface area contributed by atoms with Gasteiger partial charge in [-0.3, -0.25) is 9.89 Å². The summed E-state index contributed by atoms with van der Waals surface area (Å²) in [4.78, 5) is 15.7. The predicted molar refractivity (Wildman–Crippen MR) is 66.9 cm³/mol. The number of carbonyl (C=O) groups excluding carboxylic acids is 1. The zero-order chi connectivity index (χ0) is 12.4. The number of rotatable bonds is 3. The summed E-state index contributed by atoms with van der Waals surface area (Å²) in [5, 5.41) is 11.8. The number of thiazole rings is 1. The molecule has 0 atom stereocenters. The van der Waals surface area contributed by atoms with E-state index < -0.39 is 0 Å². The highest BCUT2D eigenvalue weighted by Crippen LogP contribution is 2.15. The third-order valence-corrected chi connectivity index (χ3v) is 3.14. The maximum atomic E-state index is 11.7. The van der Waals surface area contributed by atoms with Crippen molar-refractivity contribution in [2.45, 2.75) is 20.3 Å². The molecule has 4 N–H and O–H groups in total. The Morgan fingerprint density at radius 1 is 1.59 bits per heavy atom. The monoisotopic (exact) mass is 251 g/mol. The number of aromatic amines is 1. The Balaban J connectivity index is 2.00. The quantitative estimate of drug-likeness (QED) is 0.764. The standard InChI is InChI=1S/C10H13N5OS/c1-5-6(2)14-15-9(5)13-8(16)3-7-4-17-10(11)12-7/h4H,3H2,1-2H3,(H2,11,12)(H2,13,14,15,16). The summed E-state index contributed by atoms with van der Waals surface area (Å²) in [6, 6.07) is 0. The lowest BCUT2D eigenvalue weighted by Gasteiger charge is -2.01. The van der Waals surface area contributed by atoms with E-state index in [1.165, 1.54) is 11.3 Å². The molecular formula is C10H13N5OS. The zero-order valence-corrected chi connectivity index (χ0v) is 10.4. The predicted octanol–water partition coefficient (Wildman–Crippen LogP) is 1.25. The Labute approximate surface area is 102 Å². The summed E-state index contributed by atoms with van der Waals surface area (Å²) >= 11 is 1.32. The van der Waals surface area contributed by atoms with Crippen LogP contribution in [0.1, 0.15) is 17.0 Å². The highest BCUT2D eigenvalue weighted by Gasteiger charge is 2.11. The van der Waals surface area contributed by atoms with Gasteiger partial charge >= 0.3 is 0 Å². The minimum absolute atomic E-state index is 0.148. The highest BCUT2D eigenvalue weighted by molar-refractivity contribution is 7.13. The number of nitrogens with zero attached hydrogens (tertiary/aromatic N) is 2. The number of aromatic nitrogens is 3. The van der Waals surface area contributed by atoms with Crippen molar-refractivity contribution in [3.63, 3.8) is 0 Å². The molecule has 17 heavy (non-hydrogen) atoms. The van der Waals surface area contributed by atoms with Gasteiger partial charge in [-0.15, -0.1) is 11.3 Å². The number of amides is 1. The molecule has 2 heterocycles. The second-order valence-corrected chi connectivity index (χ2v) is 4.61. The molecule has 0 spiro atoms. The maximum absolute atomic E-state index is 11.7. The summed E-state index contributed by atoms with van der Waals surface area (Å²) in [5.74, 6) is 0.417. The number of nitrogen functional groups attached to an aromatic ring is 1. The van der Waals surface area contributed by atoms with Crippen molar-refractivity contribution >= 4 is 28.2 Å². The smallest absolute Gasteiger partial charge is 0.231 e. The fraction of sp³-hybridized carbons (Fsp3) is 0.300. The fourth-order valence-electron chi connectivity index (χ4n) is 1.35. The van der Waals surface area contributed by atoms with Crippen molar-refractivity contribution in [2.24, 2.45) is 0 Å². The zero-order valence-electron chi connectivity index (χ0n) is 9.57. The molecule has 0 fully saturated rings. The van der Waals surface area contributed by atoms with E-state index in [0.717, 1.165) is 11.3 Å². The molecule has 0 aliphatic heterocycles. The van der Waals surface area contributed by atoms with E-state index in [1.807, 2.05) is 13.8 Å². The Morgan fingerprint density at radius 3 is 2.88 bits per heavy atom. The summed E-state index contributed by atoms with van der Waals surface area (Å²) < 4.78 is 0. The number of carbonyl (C=O) groups is 1. The molecule has 2 rings (SSSR count). The van der Waals surface area contributed by atoms with Crippen LogP contribution in [0.15, 0.2) is 5.38 Å². The van der Waals surface area contributed by atoms with Crippen molar-refractivity contribution in [3.8, 4) is 0 Å². The first-order valence-electron chi connectivity index (χ1n) is 5.07. The Bertz CT molecular complexity index is 545. The molecule has 0 radical (unpaired) electrons. The largest absolute Gasteiger partial charge is 0.375 e. The Morgan fingerprint density at radius 2 is 2.35 bits per heavy atom. The molecule has 6 nitrogen and oxygen atoms in total. The molecule has 0 aromatic carbocycles. The second-order valence-electron chi connectivity index (χ2n) is 3.72. The van der Waals surface area contributed by atoms with Crippen molar-refractivity contribution in [1.29, 1.82) is 0 Å². The van der Waals surface area contributed by atoms with Crippen LogP contribution in [0, 0.1) is 13.8 Å². The van der Waals surface area contributed by atoms with Crippen molar-refractivity contribution < 1.29 is 4.79 Å². The average molecular weight is 251 g/mol. The third kappa shape index (κ3) is 2.62. The van der Waals surface area contributed by atoms with E-state index in [0.29, 0.717) is 16.6 Å². The van der Waals surface area contributed by atoms with Gasteiger partial charge in [0.2, 0.25) is 5.91 Å². The van der Waals surface area contributed by atoms with Gasteiger partial charge in [0.15, 0.2) is 10.9 Å². The summed E-state index contributed by atoms with van der Waals surface area (Å²) in [5.41, 5.74) is 8.05. The van der Waals surface area contributed by atoms with Crippen LogP contribution < -0.4 is 11.1 Å². The molecule has 2 aromatic rings. The molecule has 0 saturated carbocycles. The number of aryl methyl sites for hydroxylation is 1. The van der Waals surface area contributed by atoms with E-state index in [9.17, 15) is 4.79 Å². The first-order chi connectivity index (χ1) is 8.06. The second kappa shape index (κ2) is 4.54. The van der Waals surface area contributed by atoms with Crippen LogP contribution in [0.25, 0.3) is 0 Å². The van der Waals surface area contributed by atoms with Gasteiger partial charge in [0.1, 0.15) is 0 Å². The molecule has 7 heteroatoms. The van der Waals surface area contributed by atoms with Crippen LogP contribution in [-0.4, -0.2) is 21.1 Å². The first-order valence-corrected chi connectivity index (χ1v) is 5.95. The summed E-state index contributed by atoms with van der Waals surface area (Å²) in [7, 11) is 0. The minimum Gasteiger partial charge on any atom is -0.375 e. The molecule has 0 saturated heterocycles. The molecule has 0 aliphatic rings. The molecule has 90 valence electrons. The molecule has 0 bridgehead atoms. The first kappa shape index (κ1) is 11.6. The highest BCUT2D eigenvalue weighted by atomic mass is 32.1. The normalized spacial score (nSPS) is 10.5. The Kier molecular flexibility index (Phi) is 3.10. The molecule has 0 aliphatic carbocycles. The SMILES string of the molecule is Cc1[nH]nc(NC(=O)Cc2csc(N)n2)c1C. The van der Waals surface area contributed by atoms with E-state index >= 15 is 0 Å². The average Bonchev–Trinajstić information content (AvgIpc) is 2.79. The molecular weight excluding hydrogens is 238 g/mol. The lowest BCUT2D eigenvalue weighted by Crippen LogP contribution is -2.15. The van der Waals surface area contributed by atoms with E-state index in [2.05, 4.69) is 20.5 Å². The number of H-pyrrole nitrogens is 1. The summed E-state index contributed by atoms with van der Waals surface area (Å²) in [6.45, 7) is 3.80. The van der Waals surface area contributed by atoms with Gasteiger partial charge in [0, 0.05) is 16.6 Å². The third-order valence-electron chi connectivity index (χ3n) is 2.42. The van der Waals surface area contributed by atoms with Gasteiger partial charge in [0.05, 0.1) is 12.1 Å². The lowest BCUT2D eigenvalue weighted by atomic mass is 10.2. The van der Waals surface area contributed by atoms with E-state index in [-0.39, 0.29) is 12.3 Å². The Hall–Kier alpha value is -1.89. The fourth-order valence-corrected chi connectivity index (χ4v) is 1.91. The van der Waals surface area contributed by atoms with Crippen molar-refractivity contribution in [3.05, 3.63) is 22.3 Å². The van der Waals surface area contributed by atoms with Crippen LogP contribution in [-0.2, 0) is 11.2 Å². The number of nitrogens with two attached hydrogens (primary N) is 1. The molecule has 0 unspecified atom stereocenters. The number of anilines is 2. The molecule has 2 aromatic heterocycles. The van der Waals surface area contributed by atoms with Crippen LogP contribution in [0.4, 0.5) is 10.9 Å². The van der Waals surface area contributed by atoms with Crippen molar-refractivity contribution in [2.75, 3.05) is 11.1 Å². The van der Waals surface area contributed by atoms with Gasteiger partial charge in [0.25, 0.3) is 0 Å². The summed E-state index contributed by atoms with van der Waals surface area (Å²) in [6.07, 6.45) is 0.207. The van der Waals surface area contributed by atoms with Gasteiger partial charge in [-0.25, -0.2) is 4.98 Å². The van der Waals surface area contributed by atoms with Crippen LogP contribution in [0.3, 0.4) is 0 Å².